The van der Waals surface area contributed by atoms with Gasteiger partial charge in [-0.15, -0.1) is 0 Å². The molecule has 1 aliphatic heterocycles. The second-order valence-corrected chi connectivity index (χ2v) is 9.14. The standard InChI is InChI=1S/C9H18NP.4CO.Fe/c1-7(2)10(8(3)4)11-6-9(11)5;4*1-2;/h7-8H,5-6H2,1-4H3;;;;;/t11-;;;;;/m1...../s1. The average Bonchev–Trinajstić information content (AvgIpc) is 3.05. The van der Waals surface area contributed by atoms with Crippen molar-refractivity contribution in [1.82, 2.24) is 4.67 Å². The van der Waals surface area contributed by atoms with Crippen LogP contribution in [0.1, 0.15) is 27.7 Å². The Labute approximate surface area is 128 Å². The summed E-state index contributed by atoms with van der Waals surface area (Å²) in [6, 6.07) is 1.21. The first-order valence-electron chi connectivity index (χ1n) is 5.25. The fraction of sp³-hybridized carbons (Fsp3) is 0.538. The monoisotopic (exact) mass is 339 g/mol. The first-order chi connectivity index (χ1) is 9.39. The molecule has 112 valence electrons. The SMILES string of the molecule is C=C1C[P@@]1(=[Fe])N(C(C)C)C(C)C.[C-]#[O+].[C-]#[O+].[C-]#[O+].[C-]#[O+]. The summed E-state index contributed by atoms with van der Waals surface area (Å²) in [5, 5.41) is 1.39. The van der Waals surface area contributed by atoms with Crippen LogP contribution in [0.15, 0.2) is 11.9 Å². The van der Waals surface area contributed by atoms with E-state index in [0.717, 1.165) is 0 Å². The third kappa shape index (κ3) is 9.50. The molecule has 5 nitrogen and oxygen atoms in total. The van der Waals surface area contributed by atoms with Crippen molar-refractivity contribution in [3.8, 4) is 0 Å². The van der Waals surface area contributed by atoms with Crippen LogP contribution in [0.4, 0.5) is 0 Å². The van der Waals surface area contributed by atoms with E-state index in [0.29, 0.717) is 12.1 Å². The molecule has 0 aromatic rings. The van der Waals surface area contributed by atoms with Crippen molar-refractivity contribution in [3.63, 3.8) is 0 Å². The van der Waals surface area contributed by atoms with Gasteiger partial charge in [0.2, 0.25) is 0 Å². The van der Waals surface area contributed by atoms with E-state index < -0.39 is 5.66 Å². The van der Waals surface area contributed by atoms with Crippen LogP contribution in [0.2, 0.25) is 0 Å². The van der Waals surface area contributed by atoms with E-state index >= 15 is 0 Å². The van der Waals surface area contributed by atoms with E-state index in [4.69, 9.17) is 18.6 Å². The summed E-state index contributed by atoms with van der Waals surface area (Å²) in [7, 11) is 0. The van der Waals surface area contributed by atoms with Crippen LogP contribution in [0.5, 0.6) is 0 Å². The minimum absolute atomic E-state index is 0.607. The average molecular weight is 339 g/mol. The van der Waals surface area contributed by atoms with E-state index in [9.17, 15) is 0 Å². The quantitative estimate of drug-likeness (QED) is 0.337. The molecular weight excluding hydrogens is 321 g/mol. The van der Waals surface area contributed by atoms with Crippen molar-refractivity contribution in [2.45, 2.75) is 39.8 Å². The molecule has 0 unspecified atom stereocenters. The van der Waals surface area contributed by atoms with Gasteiger partial charge in [0.05, 0.1) is 0 Å². The Hall–Kier alpha value is -0.391. The molecular formula is C13H18FeNO4P. The number of rotatable bonds is 3. The number of hydrogen-bond donors (Lipinski definition) is 0. The summed E-state index contributed by atoms with van der Waals surface area (Å²) >= 11 is 4.34. The van der Waals surface area contributed by atoms with Crippen LogP contribution in [0, 0.1) is 26.6 Å². The van der Waals surface area contributed by atoms with Crippen molar-refractivity contribution in [1.29, 1.82) is 0 Å². The Bertz CT molecular complexity index is 364. The van der Waals surface area contributed by atoms with Crippen LogP contribution in [0.25, 0.3) is 0 Å². The molecule has 1 aliphatic rings. The van der Waals surface area contributed by atoms with Gasteiger partial charge in [-0.1, -0.05) is 0 Å². The molecule has 1 rings (SSSR count). The molecule has 1 atom stereocenters. The van der Waals surface area contributed by atoms with Crippen LogP contribution in [0.3, 0.4) is 0 Å². The van der Waals surface area contributed by atoms with E-state index in [1.54, 1.807) is 0 Å². The maximum atomic E-state index is 7.50. The normalized spacial score (nSPS) is 17.9. The number of nitrogens with zero attached hydrogens (tertiary/aromatic N) is 1. The Balaban J connectivity index is -0.000000138. The molecule has 1 saturated heterocycles. The fourth-order valence-corrected chi connectivity index (χ4v) is 7.04. The van der Waals surface area contributed by atoms with Gasteiger partial charge < -0.3 is 0 Å². The zero-order valence-electron chi connectivity index (χ0n) is 11.9. The van der Waals surface area contributed by atoms with Crippen molar-refractivity contribution < 1.29 is 33.7 Å². The first kappa shape index (κ1) is 27.9. The molecule has 0 saturated carbocycles. The van der Waals surface area contributed by atoms with Crippen molar-refractivity contribution in [2.75, 3.05) is 6.16 Å². The van der Waals surface area contributed by atoms with E-state index in [2.05, 4.69) is 80.6 Å². The summed E-state index contributed by atoms with van der Waals surface area (Å²) in [5.74, 6) is 0. The Morgan fingerprint density at radius 1 is 0.950 bits per heavy atom. The summed E-state index contributed by atoms with van der Waals surface area (Å²) < 4.78 is 32.6. The van der Waals surface area contributed by atoms with Gasteiger partial charge in [-0.2, -0.15) is 0 Å². The zero-order valence-corrected chi connectivity index (χ0v) is 13.9. The topological polar surface area (TPSA) is 82.8 Å². The molecule has 0 bridgehead atoms. The van der Waals surface area contributed by atoms with Crippen LogP contribution >= 0.6 is 5.66 Å². The Morgan fingerprint density at radius 3 is 1.20 bits per heavy atom. The molecule has 0 aromatic carbocycles. The number of allylic oxidation sites excluding steroid dienone is 1. The number of hydrogen-bond acceptors (Lipinski definition) is 1. The molecule has 1 fully saturated rings. The molecule has 0 aromatic heterocycles. The van der Waals surface area contributed by atoms with Gasteiger partial charge in [-0.3, -0.25) is 0 Å². The van der Waals surface area contributed by atoms with Gasteiger partial charge in [0.25, 0.3) is 0 Å². The molecule has 0 radical (unpaired) electrons. The zero-order chi connectivity index (χ0) is 17.5. The molecule has 0 N–H and O–H groups in total. The van der Waals surface area contributed by atoms with Crippen LogP contribution in [-0.4, -0.2) is 22.9 Å². The maximum absolute atomic E-state index is 7.50. The van der Waals surface area contributed by atoms with E-state index in [1.165, 1.54) is 11.5 Å². The third-order valence-electron chi connectivity index (χ3n) is 2.18. The van der Waals surface area contributed by atoms with Crippen molar-refractivity contribution in [2.24, 2.45) is 0 Å². The molecule has 0 spiro atoms. The molecule has 0 aliphatic carbocycles. The third-order valence-corrected chi connectivity index (χ3v) is 7.68. The molecule has 0 amide bonds. The minimum atomic E-state index is -1.09. The molecule has 20 heavy (non-hydrogen) atoms. The second-order valence-electron chi connectivity index (χ2n) is 3.95. The Kier molecular flexibility index (Phi) is 23.2. The Morgan fingerprint density at radius 2 is 1.15 bits per heavy atom. The van der Waals surface area contributed by atoms with Crippen LogP contribution in [-0.2, 0) is 33.7 Å². The van der Waals surface area contributed by atoms with Gasteiger partial charge in [-0.05, 0) is 0 Å². The van der Waals surface area contributed by atoms with Gasteiger partial charge in [-0.25, -0.2) is 0 Å². The van der Waals surface area contributed by atoms with E-state index in [-0.39, 0.29) is 0 Å². The van der Waals surface area contributed by atoms with Crippen molar-refractivity contribution >= 4 is 5.66 Å². The summed E-state index contributed by atoms with van der Waals surface area (Å²) in [6.07, 6.45) is 1.18. The summed E-state index contributed by atoms with van der Waals surface area (Å²) in [6.45, 7) is 31.0. The van der Waals surface area contributed by atoms with Crippen molar-refractivity contribution in [3.05, 3.63) is 38.5 Å². The summed E-state index contributed by atoms with van der Waals surface area (Å²) in [5.41, 5.74) is -1.09. The van der Waals surface area contributed by atoms with E-state index in [1.807, 2.05) is 0 Å². The van der Waals surface area contributed by atoms with Gasteiger partial charge >= 0.3 is 128 Å². The fourth-order valence-electron chi connectivity index (χ4n) is 1.76. The molecule has 1 heterocycles. The van der Waals surface area contributed by atoms with Gasteiger partial charge in [0.1, 0.15) is 0 Å². The predicted molar refractivity (Wildman–Crippen MR) is 68.8 cm³/mol. The predicted octanol–water partition coefficient (Wildman–Crippen LogP) is 2.88. The van der Waals surface area contributed by atoms with Crippen LogP contribution < -0.4 is 0 Å². The summed E-state index contributed by atoms with van der Waals surface area (Å²) in [4.78, 5) is 0. The second kappa shape index (κ2) is 16.7. The van der Waals surface area contributed by atoms with Gasteiger partial charge in [0, 0.05) is 0 Å². The molecule has 7 heteroatoms. The van der Waals surface area contributed by atoms with Gasteiger partial charge in [0.15, 0.2) is 0 Å². The first-order valence-corrected chi connectivity index (χ1v) is 8.52.